The summed E-state index contributed by atoms with van der Waals surface area (Å²) in [5.41, 5.74) is 6.53. The van der Waals surface area contributed by atoms with Crippen LogP contribution in [0.2, 0.25) is 5.02 Å². The zero-order chi connectivity index (χ0) is 14.5. The molecule has 0 aliphatic carbocycles. The van der Waals surface area contributed by atoms with Gasteiger partial charge in [0.1, 0.15) is 24.0 Å². The van der Waals surface area contributed by atoms with E-state index in [0.29, 0.717) is 34.9 Å². The topological polar surface area (TPSA) is 35.2 Å². The van der Waals surface area contributed by atoms with Crippen LogP contribution in [0.4, 0.5) is 8.78 Å². The summed E-state index contributed by atoms with van der Waals surface area (Å²) in [4.78, 5) is 0. The lowest BCUT2D eigenvalue weighted by Crippen LogP contribution is -2.06. The summed E-state index contributed by atoms with van der Waals surface area (Å²) in [5.74, 6) is -0.273. The Balaban J connectivity index is 2.14. The van der Waals surface area contributed by atoms with Gasteiger partial charge in [0.2, 0.25) is 0 Å². The van der Waals surface area contributed by atoms with Gasteiger partial charge in [0.15, 0.2) is 0 Å². The zero-order valence-electron chi connectivity index (χ0n) is 10.7. The fourth-order valence-corrected chi connectivity index (χ4v) is 1.99. The first-order chi connectivity index (χ1) is 9.60. The predicted molar refractivity (Wildman–Crippen MR) is 74.9 cm³/mol. The number of hydrogen-bond donors (Lipinski definition) is 1. The molecule has 20 heavy (non-hydrogen) atoms. The number of ether oxygens (including phenoxy) is 1. The molecular formula is C15H14ClF2NO. The Bertz CT molecular complexity index is 604. The lowest BCUT2D eigenvalue weighted by atomic mass is 10.1. The molecule has 2 aromatic rings. The van der Waals surface area contributed by atoms with Crippen LogP contribution in [0.15, 0.2) is 36.4 Å². The molecular weight excluding hydrogens is 284 g/mol. The van der Waals surface area contributed by atoms with E-state index in [0.717, 1.165) is 0 Å². The van der Waals surface area contributed by atoms with E-state index in [1.807, 2.05) is 0 Å². The summed E-state index contributed by atoms with van der Waals surface area (Å²) >= 11 is 5.68. The zero-order valence-corrected chi connectivity index (χ0v) is 11.5. The van der Waals surface area contributed by atoms with Gasteiger partial charge in [0.25, 0.3) is 0 Å². The molecule has 2 nitrogen and oxygen atoms in total. The largest absolute Gasteiger partial charge is 0.489 e. The summed E-state index contributed by atoms with van der Waals surface area (Å²) in [5, 5.41) is 0.330. The molecule has 0 aromatic heterocycles. The minimum atomic E-state index is -0.431. The van der Waals surface area contributed by atoms with Crippen molar-refractivity contribution in [3.8, 4) is 5.75 Å². The molecule has 2 rings (SSSR count). The second-order valence-electron chi connectivity index (χ2n) is 4.32. The molecule has 0 fully saturated rings. The molecule has 106 valence electrons. The van der Waals surface area contributed by atoms with Crippen molar-refractivity contribution in [2.75, 3.05) is 6.54 Å². The highest BCUT2D eigenvalue weighted by Crippen LogP contribution is 2.22. The Morgan fingerprint density at radius 1 is 1.05 bits per heavy atom. The molecule has 0 heterocycles. The van der Waals surface area contributed by atoms with Gasteiger partial charge in [-0.2, -0.15) is 0 Å². The van der Waals surface area contributed by atoms with Gasteiger partial charge in [-0.05, 0) is 48.9 Å². The minimum Gasteiger partial charge on any atom is -0.489 e. The SMILES string of the molecule is NCCc1cc(F)ccc1OCc1ccc(Cl)cc1F. The van der Waals surface area contributed by atoms with Gasteiger partial charge >= 0.3 is 0 Å². The number of hydrogen-bond acceptors (Lipinski definition) is 2. The van der Waals surface area contributed by atoms with Crippen molar-refractivity contribution in [3.05, 3.63) is 64.2 Å². The summed E-state index contributed by atoms with van der Waals surface area (Å²) < 4.78 is 32.3. The van der Waals surface area contributed by atoms with Crippen molar-refractivity contribution in [1.29, 1.82) is 0 Å². The van der Waals surface area contributed by atoms with E-state index in [-0.39, 0.29) is 12.4 Å². The molecule has 0 bridgehead atoms. The fourth-order valence-electron chi connectivity index (χ4n) is 1.83. The van der Waals surface area contributed by atoms with Gasteiger partial charge in [0, 0.05) is 10.6 Å². The van der Waals surface area contributed by atoms with Crippen LogP contribution in [0.5, 0.6) is 5.75 Å². The number of rotatable bonds is 5. The highest BCUT2D eigenvalue weighted by molar-refractivity contribution is 6.30. The third kappa shape index (κ3) is 3.68. The van der Waals surface area contributed by atoms with E-state index >= 15 is 0 Å². The Morgan fingerprint density at radius 2 is 1.85 bits per heavy atom. The third-order valence-corrected chi connectivity index (χ3v) is 3.07. The fraction of sp³-hybridized carbons (Fsp3) is 0.200. The highest BCUT2D eigenvalue weighted by Gasteiger charge is 2.08. The average Bonchev–Trinajstić information content (AvgIpc) is 2.40. The molecule has 5 heteroatoms. The van der Waals surface area contributed by atoms with E-state index in [1.54, 1.807) is 12.1 Å². The molecule has 0 amide bonds. The maximum atomic E-state index is 13.6. The van der Waals surface area contributed by atoms with Crippen molar-refractivity contribution in [2.45, 2.75) is 13.0 Å². The first-order valence-electron chi connectivity index (χ1n) is 6.15. The van der Waals surface area contributed by atoms with Crippen LogP contribution in [0, 0.1) is 11.6 Å². The van der Waals surface area contributed by atoms with E-state index in [2.05, 4.69) is 0 Å². The Kier molecular flexibility index (Phi) is 4.93. The lowest BCUT2D eigenvalue weighted by Gasteiger charge is -2.12. The van der Waals surface area contributed by atoms with Crippen molar-refractivity contribution >= 4 is 11.6 Å². The smallest absolute Gasteiger partial charge is 0.131 e. The van der Waals surface area contributed by atoms with E-state index < -0.39 is 5.82 Å². The van der Waals surface area contributed by atoms with Crippen molar-refractivity contribution in [3.63, 3.8) is 0 Å². The van der Waals surface area contributed by atoms with Gasteiger partial charge in [-0.3, -0.25) is 0 Å². The van der Waals surface area contributed by atoms with Crippen LogP contribution in [-0.4, -0.2) is 6.54 Å². The Hall–Kier alpha value is -1.65. The molecule has 0 saturated heterocycles. The summed E-state index contributed by atoms with van der Waals surface area (Å²) in [6, 6.07) is 8.58. The normalized spacial score (nSPS) is 10.6. The first-order valence-corrected chi connectivity index (χ1v) is 6.53. The number of benzene rings is 2. The predicted octanol–water partition coefficient (Wildman–Crippen LogP) is 3.70. The second-order valence-corrected chi connectivity index (χ2v) is 4.75. The molecule has 2 aromatic carbocycles. The standard InChI is InChI=1S/C15H14ClF2NO/c16-12-2-1-11(14(18)8-12)9-20-15-4-3-13(17)7-10(15)5-6-19/h1-4,7-8H,5-6,9,19H2. The molecule has 0 saturated carbocycles. The maximum Gasteiger partial charge on any atom is 0.131 e. The average molecular weight is 298 g/mol. The van der Waals surface area contributed by atoms with E-state index in [1.165, 1.54) is 24.3 Å². The van der Waals surface area contributed by atoms with Crippen LogP contribution in [-0.2, 0) is 13.0 Å². The van der Waals surface area contributed by atoms with E-state index in [9.17, 15) is 8.78 Å². The quantitative estimate of drug-likeness (QED) is 0.913. The Morgan fingerprint density at radius 3 is 2.55 bits per heavy atom. The molecule has 2 N–H and O–H groups in total. The Labute approximate surface area is 121 Å². The maximum absolute atomic E-state index is 13.6. The minimum absolute atomic E-state index is 0.0478. The monoisotopic (exact) mass is 297 g/mol. The van der Waals surface area contributed by atoms with Gasteiger partial charge < -0.3 is 10.5 Å². The van der Waals surface area contributed by atoms with Gasteiger partial charge in [-0.15, -0.1) is 0 Å². The third-order valence-electron chi connectivity index (χ3n) is 2.83. The molecule has 0 radical (unpaired) electrons. The molecule has 0 aliphatic heterocycles. The van der Waals surface area contributed by atoms with Crippen LogP contribution < -0.4 is 10.5 Å². The van der Waals surface area contributed by atoms with Crippen molar-refractivity contribution < 1.29 is 13.5 Å². The van der Waals surface area contributed by atoms with Crippen LogP contribution in [0.3, 0.4) is 0 Å². The van der Waals surface area contributed by atoms with Crippen molar-refractivity contribution in [1.82, 2.24) is 0 Å². The van der Waals surface area contributed by atoms with Crippen LogP contribution in [0.1, 0.15) is 11.1 Å². The van der Waals surface area contributed by atoms with Gasteiger partial charge in [0.05, 0.1) is 0 Å². The number of nitrogens with two attached hydrogens (primary N) is 1. The summed E-state index contributed by atoms with van der Waals surface area (Å²) in [6.45, 7) is 0.432. The van der Waals surface area contributed by atoms with E-state index in [4.69, 9.17) is 22.1 Å². The van der Waals surface area contributed by atoms with Crippen molar-refractivity contribution in [2.24, 2.45) is 5.73 Å². The molecule has 0 aliphatic rings. The van der Waals surface area contributed by atoms with Gasteiger partial charge in [-0.1, -0.05) is 17.7 Å². The lowest BCUT2D eigenvalue weighted by molar-refractivity contribution is 0.296. The summed E-state index contributed by atoms with van der Waals surface area (Å²) in [6.07, 6.45) is 0.496. The van der Waals surface area contributed by atoms with Crippen LogP contribution >= 0.6 is 11.6 Å². The number of halogens is 3. The summed E-state index contributed by atoms with van der Waals surface area (Å²) in [7, 11) is 0. The molecule has 0 spiro atoms. The van der Waals surface area contributed by atoms with Gasteiger partial charge in [-0.25, -0.2) is 8.78 Å². The molecule has 0 atom stereocenters. The van der Waals surface area contributed by atoms with Crippen LogP contribution in [0.25, 0.3) is 0 Å². The highest BCUT2D eigenvalue weighted by atomic mass is 35.5. The first kappa shape index (κ1) is 14.8. The molecule has 0 unspecified atom stereocenters. The second kappa shape index (κ2) is 6.68.